The van der Waals surface area contributed by atoms with Crippen LogP contribution in [0.15, 0.2) is 6.20 Å². The van der Waals surface area contributed by atoms with Gasteiger partial charge in [-0.1, -0.05) is 41.0 Å². The summed E-state index contributed by atoms with van der Waals surface area (Å²) in [6, 6.07) is 0. The van der Waals surface area contributed by atoms with E-state index < -0.39 is 0 Å². The van der Waals surface area contributed by atoms with Crippen LogP contribution in [0.3, 0.4) is 0 Å². The lowest BCUT2D eigenvalue weighted by Gasteiger charge is -2.26. The summed E-state index contributed by atoms with van der Waals surface area (Å²) in [4.78, 5) is 31.8. The Bertz CT molecular complexity index is 563. The molecule has 0 aliphatic rings. The number of aryl methyl sites for hydroxylation is 1. The van der Waals surface area contributed by atoms with Crippen LogP contribution in [0.5, 0.6) is 0 Å². The van der Waals surface area contributed by atoms with Gasteiger partial charge >= 0.3 is 0 Å². The standard InChI is InChI=1S/C19H33N3O2S/c1-7-8-9-22(17(24)10-14(2)11-19(4,5)6)13-16(23)21-18-20-12-15(3)25-18/h12,14H,7-11,13H2,1-6H3,(H,20,21,23)/t14-/m1/s1. The van der Waals surface area contributed by atoms with Gasteiger partial charge in [0.1, 0.15) is 0 Å². The zero-order valence-electron chi connectivity index (χ0n) is 16.5. The van der Waals surface area contributed by atoms with Crippen LogP contribution in [0.2, 0.25) is 0 Å². The van der Waals surface area contributed by atoms with Gasteiger partial charge in [-0.05, 0) is 31.1 Å². The van der Waals surface area contributed by atoms with E-state index in [1.54, 1.807) is 11.1 Å². The van der Waals surface area contributed by atoms with E-state index in [-0.39, 0.29) is 23.8 Å². The number of nitrogens with one attached hydrogen (secondary N) is 1. The number of hydrogen-bond donors (Lipinski definition) is 1. The molecule has 25 heavy (non-hydrogen) atoms. The average molecular weight is 368 g/mol. The largest absolute Gasteiger partial charge is 0.333 e. The molecule has 0 saturated carbocycles. The summed E-state index contributed by atoms with van der Waals surface area (Å²) in [6.07, 6.45) is 5.11. The lowest BCUT2D eigenvalue weighted by atomic mass is 9.84. The molecule has 5 nitrogen and oxygen atoms in total. The third kappa shape index (κ3) is 9.00. The van der Waals surface area contributed by atoms with E-state index in [0.717, 1.165) is 24.1 Å². The fraction of sp³-hybridized carbons (Fsp3) is 0.737. The van der Waals surface area contributed by atoms with E-state index in [1.807, 2.05) is 6.92 Å². The van der Waals surface area contributed by atoms with Crippen LogP contribution in [-0.2, 0) is 9.59 Å². The van der Waals surface area contributed by atoms with Crippen molar-refractivity contribution in [2.75, 3.05) is 18.4 Å². The fourth-order valence-electron chi connectivity index (χ4n) is 2.93. The van der Waals surface area contributed by atoms with Crippen LogP contribution in [0, 0.1) is 18.3 Å². The molecule has 0 spiro atoms. The lowest BCUT2D eigenvalue weighted by molar-refractivity contribution is -0.135. The summed E-state index contributed by atoms with van der Waals surface area (Å²) in [6.45, 7) is 13.4. The maximum atomic E-state index is 12.7. The monoisotopic (exact) mass is 367 g/mol. The Labute approximate surface area is 156 Å². The predicted molar refractivity (Wildman–Crippen MR) is 105 cm³/mol. The lowest BCUT2D eigenvalue weighted by Crippen LogP contribution is -2.39. The Hall–Kier alpha value is -1.43. The van der Waals surface area contributed by atoms with Crippen molar-refractivity contribution in [1.82, 2.24) is 9.88 Å². The summed E-state index contributed by atoms with van der Waals surface area (Å²) < 4.78 is 0. The van der Waals surface area contributed by atoms with Crippen LogP contribution in [0.4, 0.5) is 5.13 Å². The molecule has 0 aromatic carbocycles. The Morgan fingerprint density at radius 3 is 2.56 bits per heavy atom. The molecule has 0 bridgehead atoms. The van der Waals surface area contributed by atoms with E-state index in [0.29, 0.717) is 24.0 Å². The van der Waals surface area contributed by atoms with Gasteiger partial charge in [0, 0.05) is 24.0 Å². The second kappa shape index (κ2) is 9.90. The van der Waals surface area contributed by atoms with Crippen molar-refractivity contribution < 1.29 is 9.59 Å². The van der Waals surface area contributed by atoms with E-state index in [4.69, 9.17) is 0 Å². The van der Waals surface area contributed by atoms with E-state index in [9.17, 15) is 9.59 Å². The maximum absolute atomic E-state index is 12.7. The van der Waals surface area contributed by atoms with Gasteiger partial charge in [0.05, 0.1) is 6.54 Å². The number of carbonyl (C=O) groups excluding carboxylic acids is 2. The normalized spacial score (nSPS) is 12.7. The molecule has 1 aromatic rings. The Kier molecular flexibility index (Phi) is 8.56. The Morgan fingerprint density at radius 1 is 1.36 bits per heavy atom. The molecular weight excluding hydrogens is 334 g/mol. The second-order valence-electron chi connectivity index (χ2n) is 8.07. The van der Waals surface area contributed by atoms with Crippen LogP contribution >= 0.6 is 11.3 Å². The number of nitrogens with zero attached hydrogens (tertiary/aromatic N) is 2. The van der Waals surface area contributed by atoms with E-state index in [2.05, 4.69) is 44.9 Å². The predicted octanol–water partition coefficient (Wildman–Crippen LogP) is 4.48. The number of aromatic nitrogens is 1. The summed E-state index contributed by atoms with van der Waals surface area (Å²) in [5.74, 6) is 0.194. The van der Waals surface area contributed by atoms with Gasteiger partial charge in [0.25, 0.3) is 0 Å². The third-order valence-corrected chi connectivity index (χ3v) is 4.65. The number of amides is 2. The summed E-state index contributed by atoms with van der Waals surface area (Å²) in [5.41, 5.74) is 0.202. The SMILES string of the molecule is CCCCN(CC(=O)Nc1ncc(C)s1)C(=O)C[C@@H](C)CC(C)(C)C. The Balaban J connectivity index is 2.62. The fourth-order valence-corrected chi connectivity index (χ4v) is 3.61. The number of hydrogen-bond acceptors (Lipinski definition) is 4. The summed E-state index contributed by atoms with van der Waals surface area (Å²) >= 11 is 1.44. The van der Waals surface area contributed by atoms with Crippen LogP contribution < -0.4 is 5.32 Å². The molecule has 0 fully saturated rings. The minimum Gasteiger partial charge on any atom is -0.333 e. The van der Waals surface area contributed by atoms with Gasteiger partial charge in [-0.25, -0.2) is 4.98 Å². The molecule has 1 heterocycles. The molecule has 0 unspecified atom stereocenters. The average Bonchev–Trinajstić information content (AvgIpc) is 2.86. The van der Waals surface area contributed by atoms with Crippen molar-refractivity contribution in [2.24, 2.45) is 11.3 Å². The van der Waals surface area contributed by atoms with E-state index >= 15 is 0 Å². The first-order valence-electron chi connectivity index (χ1n) is 9.10. The maximum Gasteiger partial charge on any atom is 0.245 e. The highest BCUT2D eigenvalue weighted by molar-refractivity contribution is 7.15. The minimum atomic E-state index is -0.178. The van der Waals surface area contributed by atoms with Gasteiger partial charge in [-0.3, -0.25) is 9.59 Å². The molecule has 1 rings (SSSR count). The molecule has 1 aromatic heterocycles. The van der Waals surface area contributed by atoms with Crippen molar-refractivity contribution in [1.29, 1.82) is 0 Å². The Morgan fingerprint density at radius 2 is 2.04 bits per heavy atom. The zero-order chi connectivity index (χ0) is 19.0. The number of unbranched alkanes of at least 4 members (excludes halogenated alkanes) is 1. The first-order chi connectivity index (χ1) is 11.6. The molecule has 0 aliphatic carbocycles. The quantitative estimate of drug-likeness (QED) is 0.700. The van der Waals surface area contributed by atoms with E-state index in [1.165, 1.54) is 11.3 Å². The molecule has 6 heteroatoms. The molecule has 0 radical (unpaired) electrons. The third-order valence-electron chi connectivity index (χ3n) is 3.82. The number of carbonyl (C=O) groups is 2. The van der Waals surface area contributed by atoms with Gasteiger partial charge in [-0.15, -0.1) is 11.3 Å². The highest BCUT2D eigenvalue weighted by atomic mass is 32.1. The van der Waals surface area contributed by atoms with Crippen molar-refractivity contribution in [3.8, 4) is 0 Å². The van der Waals surface area contributed by atoms with Crippen molar-refractivity contribution in [3.63, 3.8) is 0 Å². The topological polar surface area (TPSA) is 62.3 Å². The smallest absolute Gasteiger partial charge is 0.245 e. The zero-order valence-corrected chi connectivity index (χ0v) is 17.3. The summed E-state index contributed by atoms with van der Waals surface area (Å²) in [7, 11) is 0. The van der Waals surface area contributed by atoms with Gasteiger partial charge in [0.2, 0.25) is 11.8 Å². The van der Waals surface area contributed by atoms with Gasteiger partial charge in [-0.2, -0.15) is 0 Å². The molecule has 2 amide bonds. The van der Waals surface area contributed by atoms with Crippen molar-refractivity contribution in [2.45, 2.75) is 67.2 Å². The molecule has 1 N–H and O–H groups in total. The van der Waals surface area contributed by atoms with Crippen LogP contribution in [0.1, 0.15) is 65.2 Å². The number of rotatable bonds is 9. The van der Waals surface area contributed by atoms with Crippen molar-refractivity contribution in [3.05, 3.63) is 11.1 Å². The van der Waals surface area contributed by atoms with Gasteiger partial charge in [0.15, 0.2) is 5.13 Å². The molecule has 0 saturated heterocycles. The summed E-state index contributed by atoms with van der Waals surface area (Å²) in [5, 5.41) is 3.38. The first-order valence-corrected chi connectivity index (χ1v) is 9.92. The van der Waals surface area contributed by atoms with Gasteiger partial charge < -0.3 is 10.2 Å². The number of anilines is 1. The highest BCUT2D eigenvalue weighted by Gasteiger charge is 2.22. The molecule has 0 aliphatic heterocycles. The second-order valence-corrected chi connectivity index (χ2v) is 9.30. The molecule has 142 valence electrons. The number of thiazole rings is 1. The minimum absolute atomic E-state index is 0.0654. The van der Waals surface area contributed by atoms with Crippen LogP contribution in [-0.4, -0.2) is 34.8 Å². The van der Waals surface area contributed by atoms with Crippen LogP contribution in [0.25, 0.3) is 0 Å². The highest BCUT2D eigenvalue weighted by Crippen LogP contribution is 2.26. The molecule has 1 atom stereocenters. The van der Waals surface area contributed by atoms with Crippen molar-refractivity contribution >= 4 is 28.3 Å². The molecular formula is C19H33N3O2S. The first kappa shape index (κ1) is 21.6.